The third kappa shape index (κ3) is 15.5. The van der Waals surface area contributed by atoms with Crippen LogP contribution in [-0.2, 0) is 22.1 Å². The van der Waals surface area contributed by atoms with Crippen LogP contribution < -0.4 is 0 Å². The van der Waals surface area contributed by atoms with Crippen molar-refractivity contribution in [3.8, 4) is 0 Å². The zero-order chi connectivity index (χ0) is 14.6. The van der Waals surface area contributed by atoms with Crippen molar-refractivity contribution in [3.05, 3.63) is 48.6 Å². The van der Waals surface area contributed by atoms with Gasteiger partial charge in [-0.2, -0.15) is 0 Å². The van der Waals surface area contributed by atoms with Crippen molar-refractivity contribution < 1.29 is 27.2 Å². The van der Waals surface area contributed by atoms with Gasteiger partial charge in [-0.25, -0.2) is 0 Å². The molecule has 1 aromatic carbocycles. The summed E-state index contributed by atoms with van der Waals surface area (Å²) >= 11 is 1.82. The smallest absolute Gasteiger partial charge is 0.301 e. The fraction of sp³-hybridized carbons (Fsp3) is 0.429. The summed E-state index contributed by atoms with van der Waals surface area (Å²) in [6.45, 7) is 6.52. The van der Waals surface area contributed by atoms with Crippen molar-refractivity contribution in [2.24, 2.45) is 0 Å². The number of rotatable bonds is 3. The van der Waals surface area contributed by atoms with E-state index in [0.717, 1.165) is 0 Å². The van der Waals surface area contributed by atoms with Gasteiger partial charge in [-0.15, -0.1) is 6.54 Å². The van der Waals surface area contributed by atoms with E-state index in [-0.39, 0.29) is 20.4 Å². The van der Waals surface area contributed by atoms with Crippen LogP contribution in [0.1, 0.15) is 37.3 Å². The molecular weight excluding hydrogens is 351 g/mol. The number of hydrogen-bond acceptors (Lipinski definition) is 1. The quantitative estimate of drug-likeness (QED) is 0.612. The third-order valence-corrected chi connectivity index (χ3v) is 2.08. The zero-order valence-electron chi connectivity index (χ0n) is 11.9. The average Bonchev–Trinajstić information content (AvgIpc) is 2.32. The van der Waals surface area contributed by atoms with Crippen LogP contribution in [-0.4, -0.2) is 17.6 Å². The molecule has 0 bridgehead atoms. The summed E-state index contributed by atoms with van der Waals surface area (Å²) in [5, 5.41) is 7.79. The molecule has 0 aliphatic carbocycles. The Morgan fingerprint density at radius 2 is 1.74 bits per heavy atom. The van der Waals surface area contributed by atoms with Crippen LogP contribution in [0.3, 0.4) is 0 Å². The number of carbonyl (C=O) groups is 1. The molecule has 0 saturated heterocycles. The number of hydrogen-bond donors (Lipinski definition) is 1. The first kappa shape index (κ1) is 23.6. The minimum absolute atomic E-state index is 0. The van der Waals surface area contributed by atoms with E-state index in [1.54, 1.807) is 0 Å². The van der Waals surface area contributed by atoms with Crippen molar-refractivity contribution in [2.75, 3.05) is 6.54 Å². The summed E-state index contributed by atoms with van der Waals surface area (Å²) in [6, 6.07) is 8.71. The Kier molecular flexibility index (Phi) is 19.4. The average molecular weight is 374 g/mol. The van der Waals surface area contributed by atoms with Crippen LogP contribution in [0.15, 0.2) is 24.3 Å². The minimum Gasteiger partial charge on any atom is -0.677 e. The second-order valence-electron chi connectivity index (χ2n) is 3.96. The molecule has 1 aromatic rings. The van der Waals surface area contributed by atoms with E-state index >= 15 is 0 Å². The van der Waals surface area contributed by atoms with Gasteiger partial charge in [0.1, 0.15) is 0 Å². The van der Waals surface area contributed by atoms with E-state index < -0.39 is 5.97 Å². The molecule has 0 radical (unpaired) electrons. The minimum atomic E-state index is -0.898. The largest absolute Gasteiger partial charge is 0.677 e. The first-order chi connectivity index (χ1) is 8.47. The summed E-state index contributed by atoms with van der Waals surface area (Å²) < 4.78 is 0. The number of aliphatic carboxylic acids is 1. The summed E-state index contributed by atoms with van der Waals surface area (Å²) in [6.07, 6.45) is -0.0417. The van der Waals surface area contributed by atoms with Crippen molar-refractivity contribution in [3.63, 3.8) is 0 Å². The number of aryl methyl sites for hydroxylation is 1. The molecule has 0 atom stereocenters. The molecule has 2 N–H and O–H groups in total. The Labute approximate surface area is 131 Å². The molecule has 0 amide bonds. The Bertz CT molecular complexity index is 316. The zero-order valence-corrected chi connectivity index (χ0v) is 14.4. The van der Waals surface area contributed by atoms with Crippen molar-refractivity contribution in [1.82, 2.24) is 0 Å². The summed E-state index contributed by atoms with van der Waals surface area (Å²) in [5.74, 6) is -0.245. The molecule has 3 nitrogen and oxygen atoms in total. The predicted octanol–water partition coefficient (Wildman–Crippen LogP) is 4.77. The summed E-state index contributed by atoms with van der Waals surface area (Å²) in [7, 11) is 4.57. The van der Waals surface area contributed by atoms with Gasteiger partial charge >= 0.3 is 33.0 Å². The van der Waals surface area contributed by atoms with Crippen LogP contribution in [0.25, 0.3) is 5.73 Å². The van der Waals surface area contributed by atoms with Crippen LogP contribution in [0.4, 0.5) is 0 Å². The molecule has 0 spiro atoms. The van der Waals surface area contributed by atoms with Gasteiger partial charge in [-0.3, -0.25) is 4.79 Å². The number of carboxylic acids is 1. The van der Waals surface area contributed by atoms with Crippen molar-refractivity contribution in [1.29, 1.82) is 0 Å². The molecule has 0 aromatic heterocycles. The molecule has 0 heterocycles. The van der Waals surface area contributed by atoms with E-state index in [1.165, 1.54) is 11.1 Å². The first-order valence-electron chi connectivity index (χ1n) is 5.53. The van der Waals surface area contributed by atoms with Gasteiger partial charge in [0.05, 0.1) is 0 Å². The van der Waals surface area contributed by atoms with E-state index in [0.29, 0.717) is 5.92 Å². The molecule has 19 heavy (non-hydrogen) atoms. The second kappa shape index (κ2) is 15.6. The first-order valence-corrected chi connectivity index (χ1v) is 7.77. The molecule has 0 fully saturated rings. The Balaban J connectivity index is -0.000000249. The number of benzene rings is 1. The predicted molar refractivity (Wildman–Crippen MR) is 79.0 cm³/mol. The maximum atomic E-state index is 9.48. The monoisotopic (exact) mass is 374 g/mol. The van der Waals surface area contributed by atoms with Gasteiger partial charge in [-0.1, -0.05) is 43.7 Å². The van der Waals surface area contributed by atoms with Gasteiger partial charge in [0.25, 0.3) is 0 Å². The fourth-order valence-electron chi connectivity index (χ4n) is 1.06. The number of nitrogens with one attached hydrogen (secondary N) is 1. The normalized spacial score (nSPS) is 8.32. The topological polar surface area (TPSA) is 61.1 Å². The maximum absolute atomic E-state index is 9.48. The molecule has 0 aliphatic heterocycles. The maximum Gasteiger partial charge on any atom is 0.301 e. The summed E-state index contributed by atoms with van der Waals surface area (Å²) in [5.41, 5.74) is 9.11. The van der Waals surface area contributed by atoms with Gasteiger partial charge in [0.2, 0.25) is 0 Å². The van der Waals surface area contributed by atoms with E-state index in [2.05, 4.69) is 54.7 Å². The van der Waals surface area contributed by atoms with Gasteiger partial charge in [0, 0.05) is 6.42 Å². The van der Waals surface area contributed by atoms with Crippen LogP contribution in [0.5, 0.6) is 0 Å². The van der Waals surface area contributed by atoms with E-state index in [1.807, 2.05) is 17.3 Å². The van der Waals surface area contributed by atoms with Crippen LogP contribution >= 0.6 is 9.69 Å². The van der Waals surface area contributed by atoms with Gasteiger partial charge in [0.15, 0.2) is 0 Å². The van der Waals surface area contributed by atoms with Crippen molar-refractivity contribution in [2.45, 2.75) is 33.1 Å². The van der Waals surface area contributed by atoms with E-state index in [9.17, 15) is 4.79 Å². The SMILES string of the molecule is Cc1ccc(C(C)C)cc1.[CH3-].[Cl][Ru+2].[NH-]CCC(=O)O. The van der Waals surface area contributed by atoms with Crippen molar-refractivity contribution >= 4 is 15.7 Å². The molecule has 0 aliphatic rings. The number of carboxylic acid groups (broad SMARTS) is 1. The third-order valence-electron chi connectivity index (χ3n) is 2.08. The molecular formula is C14H23ClNO2Ru. The Morgan fingerprint density at radius 3 is 1.95 bits per heavy atom. The van der Waals surface area contributed by atoms with E-state index in [4.69, 9.17) is 10.8 Å². The molecule has 1 rings (SSSR count). The molecule has 0 unspecified atom stereocenters. The van der Waals surface area contributed by atoms with Gasteiger partial charge in [-0.05, 0) is 18.4 Å². The fourth-order valence-corrected chi connectivity index (χ4v) is 1.06. The van der Waals surface area contributed by atoms with Crippen LogP contribution in [0.2, 0.25) is 0 Å². The number of halogens is 1. The standard InChI is InChI=1S/C10H14.C3H6NO2.CH3.ClH.Ru/c1-8(2)10-6-4-9(3)5-7-10;4-2-1-3(5)6;;;/h4-8H,1-3H3;4H,1-2H2,(H,5,6);1H3;1H;/q;2*-1;;+3/p-1. The second-order valence-corrected chi connectivity index (χ2v) is 3.96. The Morgan fingerprint density at radius 1 is 1.32 bits per heavy atom. The summed E-state index contributed by atoms with van der Waals surface area (Å²) in [4.78, 5) is 9.48. The Hall–Kier alpha value is -0.437. The molecule has 111 valence electrons. The van der Waals surface area contributed by atoms with Crippen LogP contribution in [0, 0.1) is 14.4 Å². The van der Waals surface area contributed by atoms with Gasteiger partial charge < -0.3 is 18.3 Å². The molecule has 0 saturated carbocycles. The molecule has 5 heteroatoms.